The minimum absolute atomic E-state index is 0.0419. The number of hydrogen-bond donors (Lipinski definition) is 1. The van der Waals surface area contributed by atoms with Gasteiger partial charge in [-0.3, -0.25) is 9.78 Å². The van der Waals surface area contributed by atoms with Crippen molar-refractivity contribution >= 4 is 11.6 Å². The molecule has 6 heteroatoms. The van der Waals surface area contributed by atoms with Gasteiger partial charge in [0.15, 0.2) is 0 Å². The van der Waals surface area contributed by atoms with E-state index in [1.807, 2.05) is 0 Å². The van der Waals surface area contributed by atoms with E-state index in [4.69, 9.17) is 5.73 Å². The first-order chi connectivity index (χ1) is 9.58. The Balaban J connectivity index is 2.04. The second kappa shape index (κ2) is 4.64. The average molecular weight is 275 g/mol. The molecule has 1 amide bonds. The van der Waals surface area contributed by atoms with Crippen molar-refractivity contribution in [2.75, 3.05) is 4.90 Å². The predicted molar refractivity (Wildman–Crippen MR) is 68.7 cm³/mol. The zero-order chi connectivity index (χ0) is 14.3. The fraction of sp³-hybridized carbons (Fsp3) is 0.143. The monoisotopic (exact) mass is 275 g/mol. The summed E-state index contributed by atoms with van der Waals surface area (Å²) in [6, 6.07) is 4.27. The van der Waals surface area contributed by atoms with Gasteiger partial charge in [-0.15, -0.1) is 0 Å². The number of carbonyl (C=O) groups is 1. The van der Waals surface area contributed by atoms with E-state index in [2.05, 4.69) is 4.98 Å². The molecule has 1 aromatic carbocycles. The Kier molecular flexibility index (Phi) is 2.94. The Morgan fingerprint density at radius 1 is 1.35 bits per heavy atom. The number of benzene rings is 1. The van der Waals surface area contributed by atoms with Gasteiger partial charge in [-0.2, -0.15) is 0 Å². The zero-order valence-corrected chi connectivity index (χ0v) is 10.4. The van der Waals surface area contributed by atoms with Crippen LogP contribution in [0.4, 0.5) is 14.5 Å². The summed E-state index contributed by atoms with van der Waals surface area (Å²) in [7, 11) is 0. The fourth-order valence-electron chi connectivity index (χ4n) is 2.35. The van der Waals surface area contributed by atoms with Gasteiger partial charge in [-0.05, 0) is 17.7 Å². The quantitative estimate of drug-likeness (QED) is 0.910. The standard InChI is InChI=1S/C14H11F2N3O/c15-9-4-10(16)12-11(5-9)19(14(20)13(12)17)7-8-2-1-3-18-6-8/h1-6,13H,7,17H2. The maximum atomic E-state index is 13.8. The molecule has 1 aromatic heterocycles. The molecule has 1 aliphatic heterocycles. The second-order valence-corrected chi connectivity index (χ2v) is 4.58. The lowest BCUT2D eigenvalue weighted by Crippen LogP contribution is -2.31. The molecule has 0 saturated heterocycles. The van der Waals surface area contributed by atoms with Gasteiger partial charge in [-0.25, -0.2) is 8.78 Å². The molecule has 0 bridgehead atoms. The van der Waals surface area contributed by atoms with Crippen LogP contribution in [0.2, 0.25) is 0 Å². The molecule has 2 N–H and O–H groups in total. The van der Waals surface area contributed by atoms with Crippen LogP contribution in [0.5, 0.6) is 0 Å². The van der Waals surface area contributed by atoms with Crippen LogP contribution in [-0.2, 0) is 11.3 Å². The third-order valence-corrected chi connectivity index (χ3v) is 3.27. The van der Waals surface area contributed by atoms with Crippen molar-refractivity contribution in [2.45, 2.75) is 12.6 Å². The van der Waals surface area contributed by atoms with Gasteiger partial charge >= 0.3 is 0 Å². The first-order valence-corrected chi connectivity index (χ1v) is 6.02. The minimum atomic E-state index is -1.10. The molecule has 0 saturated carbocycles. The number of hydrogen-bond acceptors (Lipinski definition) is 3. The van der Waals surface area contributed by atoms with E-state index in [9.17, 15) is 13.6 Å². The molecule has 3 rings (SSSR count). The maximum absolute atomic E-state index is 13.8. The predicted octanol–water partition coefficient (Wildman–Crippen LogP) is 1.91. The molecule has 0 fully saturated rings. The number of fused-ring (bicyclic) bond motifs is 1. The van der Waals surface area contributed by atoms with E-state index in [-0.39, 0.29) is 17.8 Å². The summed E-state index contributed by atoms with van der Waals surface area (Å²) in [6.07, 6.45) is 3.20. The Morgan fingerprint density at radius 3 is 2.85 bits per heavy atom. The van der Waals surface area contributed by atoms with Gasteiger partial charge in [-0.1, -0.05) is 6.07 Å². The number of rotatable bonds is 2. The minimum Gasteiger partial charge on any atom is -0.316 e. The lowest BCUT2D eigenvalue weighted by atomic mass is 10.1. The molecular weight excluding hydrogens is 264 g/mol. The van der Waals surface area contributed by atoms with Gasteiger partial charge < -0.3 is 10.6 Å². The second-order valence-electron chi connectivity index (χ2n) is 4.58. The van der Waals surface area contributed by atoms with Crippen molar-refractivity contribution in [1.82, 2.24) is 4.98 Å². The van der Waals surface area contributed by atoms with Crippen molar-refractivity contribution in [3.63, 3.8) is 0 Å². The number of nitrogens with zero attached hydrogens (tertiary/aromatic N) is 2. The van der Waals surface area contributed by atoms with Crippen LogP contribution in [0, 0.1) is 11.6 Å². The van der Waals surface area contributed by atoms with Crippen LogP contribution in [0.3, 0.4) is 0 Å². The van der Waals surface area contributed by atoms with Crippen molar-refractivity contribution in [2.24, 2.45) is 5.73 Å². The van der Waals surface area contributed by atoms with Crippen LogP contribution in [0.25, 0.3) is 0 Å². The Labute approximate surface area is 113 Å². The number of anilines is 1. The van der Waals surface area contributed by atoms with Crippen LogP contribution in [-0.4, -0.2) is 10.9 Å². The number of amides is 1. The van der Waals surface area contributed by atoms with Crippen LogP contribution < -0.4 is 10.6 Å². The number of nitrogens with two attached hydrogens (primary N) is 1. The summed E-state index contributed by atoms with van der Waals surface area (Å²) in [5.41, 5.74) is 6.70. The molecular formula is C14H11F2N3O. The van der Waals surface area contributed by atoms with Crippen molar-refractivity contribution in [1.29, 1.82) is 0 Å². The summed E-state index contributed by atoms with van der Waals surface area (Å²) >= 11 is 0. The van der Waals surface area contributed by atoms with Crippen LogP contribution >= 0.6 is 0 Å². The first-order valence-electron chi connectivity index (χ1n) is 6.02. The highest BCUT2D eigenvalue weighted by Crippen LogP contribution is 2.37. The average Bonchev–Trinajstić information content (AvgIpc) is 2.65. The molecule has 0 aliphatic carbocycles. The number of aromatic nitrogens is 1. The van der Waals surface area contributed by atoms with Crippen molar-refractivity contribution in [3.05, 3.63) is 59.4 Å². The van der Waals surface area contributed by atoms with Gasteiger partial charge in [0.1, 0.15) is 17.7 Å². The smallest absolute Gasteiger partial charge is 0.249 e. The van der Waals surface area contributed by atoms with E-state index in [1.165, 1.54) is 4.90 Å². The summed E-state index contributed by atoms with van der Waals surface area (Å²) in [4.78, 5) is 17.3. The largest absolute Gasteiger partial charge is 0.316 e. The van der Waals surface area contributed by atoms with E-state index in [0.29, 0.717) is 0 Å². The van der Waals surface area contributed by atoms with Gasteiger partial charge in [0, 0.05) is 24.0 Å². The topological polar surface area (TPSA) is 59.2 Å². The van der Waals surface area contributed by atoms with Crippen molar-refractivity contribution < 1.29 is 13.6 Å². The number of pyridine rings is 1. The van der Waals surface area contributed by atoms with E-state index >= 15 is 0 Å². The first kappa shape index (κ1) is 12.7. The zero-order valence-electron chi connectivity index (χ0n) is 10.4. The SMILES string of the molecule is NC1C(=O)N(Cc2cccnc2)c2cc(F)cc(F)c21. The Bertz CT molecular complexity index is 676. The lowest BCUT2D eigenvalue weighted by molar-refractivity contribution is -0.119. The molecule has 1 aliphatic rings. The number of halogens is 2. The highest BCUT2D eigenvalue weighted by Gasteiger charge is 2.37. The van der Waals surface area contributed by atoms with Crippen molar-refractivity contribution in [3.8, 4) is 0 Å². The third kappa shape index (κ3) is 1.94. The third-order valence-electron chi connectivity index (χ3n) is 3.27. The lowest BCUT2D eigenvalue weighted by Gasteiger charge is -2.17. The normalized spacial score (nSPS) is 17.4. The molecule has 0 radical (unpaired) electrons. The number of carbonyl (C=O) groups excluding carboxylic acids is 1. The van der Waals surface area contributed by atoms with E-state index < -0.39 is 23.6 Å². The van der Waals surface area contributed by atoms with Gasteiger partial charge in [0.05, 0.1) is 12.2 Å². The highest BCUT2D eigenvalue weighted by molar-refractivity contribution is 6.04. The van der Waals surface area contributed by atoms with E-state index in [1.54, 1.807) is 24.5 Å². The molecule has 0 spiro atoms. The van der Waals surface area contributed by atoms with Crippen LogP contribution in [0.15, 0.2) is 36.7 Å². The summed E-state index contributed by atoms with van der Waals surface area (Å²) in [6.45, 7) is 0.177. The van der Waals surface area contributed by atoms with Gasteiger partial charge in [0.25, 0.3) is 0 Å². The van der Waals surface area contributed by atoms with Crippen LogP contribution in [0.1, 0.15) is 17.2 Å². The molecule has 1 atom stereocenters. The van der Waals surface area contributed by atoms with E-state index in [0.717, 1.165) is 17.7 Å². The summed E-state index contributed by atoms with van der Waals surface area (Å²) < 4.78 is 27.1. The Morgan fingerprint density at radius 2 is 2.15 bits per heavy atom. The van der Waals surface area contributed by atoms with Gasteiger partial charge in [0.2, 0.25) is 5.91 Å². The highest BCUT2D eigenvalue weighted by atomic mass is 19.1. The summed E-state index contributed by atoms with van der Waals surface area (Å²) in [5.74, 6) is -1.98. The molecule has 102 valence electrons. The Hall–Kier alpha value is -2.34. The fourth-order valence-corrected chi connectivity index (χ4v) is 2.35. The molecule has 4 nitrogen and oxygen atoms in total. The molecule has 2 heterocycles. The maximum Gasteiger partial charge on any atom is 0.249 e. The molecule has 20 heavy (non-hydrogen) atoms. The summed E-state index contributed by atoms with van der Waals surface area (Å²) in [5, 5.41) is 0. The molecule has 2 aromatic rings. The molecule has 1 unspecified atom stereocenters.